The van der Waals surface area contributed by atoms with Crippen LogP contribution in [0, 0.1) is 0 Å². The first-order valence-electron chi connectivity index (χ1n) is 5.78. The van der Waals surface area contributed by atoms with Crippen LogP contribution in [0.5, 0.6) is 0 Å². The third-order valence-electron chi connectivity index (χ3n) is 3.04. The zero-order valence-corrected chi connectivity index (χ0v) is 9.48. The van der Waals surface area contributed by atoms with E-state index < -0.39 is 18.1 Å². The van der Waals surface area contributed by atoms with Gasteiger partial charge in [0.25, 0.3) is 5.92 Å². The van der Waals surface area contributed by atoms with Crippen molar-refractivity contribution in [3.8, 4) is 0 Å². The van der Waals surface area contributed by atoms with Crippen LogP contribution in [0.1, 0.15) is 24.8 Å². The fraction of sp³-hybridized carbons (Fsp3) is 0.538. The number of alkyl halides is 2. The van der Waals surface area contributed by atoms with Crippen LogP contribution in [0.25, 0.3) is 0 Å². The van der Waals surface area contributed by atoms with E-state index in [1.807, 2.05) is 30.3 Å². The van der Waals surface area contributed by atoms with Gasteiger partial charge in [-0.1, -0.05) is 30.3 Å². The van der Waals surface area contributed by atoms with Crippen LogP contribution in [0.2, 0.25) is 0 Å². The summed E-state index contributed by atoms with van der Waals surface area (Å²) in [6, 6.07) is 9.35. The highest BCUT2D eigenvalue weighted by Gasteiger charge is 2.41. The summed E-state index contributed by atoms with van der Waals surface area (Å²) in [6.07, 6.45) is -2.08. The summed E-state index contributed by atoms with van der Waals surface area (Å²) >= 11 is 0. The maximum absolute atomic E-state index is 13.2. The summed E-state index contributed by atoms with van der Waals surface area (Å²) < 4.78 is 31.7. The summed E-state index contributed by atoms with van der Waals surface area (Å²) in [5.74, 6) is -2.71. The Morgan fingerprint density at radius 1 is 1.29 bits per heavy atom. The van der Waals surface area contributed by atoms with Crippen LogP contribution in [0.4, 0.5) is 8.78 Å². The zero-order chi connectivity index (χ0) is 12.3. The van der Waals surface area contributed by atoms with Gasteiger partial charge >= 0.3 is 0 Å². The van der Waals surface area contributed by atoms with Crippen molar-refractivity contribution < 1.29 is 18.6 Å². The Labute approximate surface area is 99.2 Å². The molecule has 0 bridgehead atoms. The van der Waals surface area contributed by atoms with E-state index in [1.54, 1.807) is 0 Å². The van der Waals surface area contributed by atoms with Gasteiger partial charge in [-0.2, -0.15) is 0 Å². The number of aliphatic hydroxyl groups is 1. The number of hydrogen-bond acceptors (Lipinski definition) is 2. The SMILES string of the molecule is O[C@H]1CCC(F)(F)C[C@H]1OCc1ccccc1. The molecule has 0 unspecified atom stereocenters. The van der Waals surface area contributed by atoms with Crippen LogP contribution in [-0.2, 0) is 11.3 Å². The first-order chi connectivity index (χ1) is 8.07. The van der Waals surface area contributed by atoms with Gasteiger partial charge in [0.2, 0.25) is 0 Å². The summed E-state index contributed by atoms with van der Waals surface area (Å²) in [6.45, 7) is 0.263. The van der Waals surface area contributed by atoms with E-state index in [4.69, 9.17) is 4.74 Å². The Kier molecular flexibility index (Phi) is 3.74. The smallest absolute Gasteiger partial charge is 0.250 e. The van der Waals surface area contributed by atoms with Gasteiger partial charge in [-0.05, 0) is 12.0 Å². The third kappa shape index (κ3) is 3.48. The number of benzene rings is 1. The minimum atomic E-state index is -2.71. The topological polar surface area (TPSA) is 29.5 Å². The lowest BCUT2D eigenvalue weighted by Crippen LogP contribution is -2.41. The van der Waals surface area contributed by atoms with Gasteiger partial charge in [-0.25, -0.2) is 8.78 Å². The van der Waals surface area contributed by atoms with E-state index in [2.05, 4.69) is 0 Å². The molecule has 1 fully saturated rings. The van der Waals surface area contributed by atoms with Crippen LogP contribution in [0.15, 0.2) is 30.3 Å². The monoisotopic (exact) mass is 242 g/mol. The van der Waals surface area contributed by atoms with Gasteiger partial charge in [0.05, 0.1) is 18.8 Å². The highest BCUT2D eigenvalue weighted by molar-refractivity contribution is 5.13. The van der Waals surface area contributed by atoms with Gasteiger partial charge in [-0.3, -0.25) is 0 Å². The molecule has 0 aliphatic heterocycles. The second-order valence-corrected chi connectivity index (χ2v) is 4.50. The predicted octanol–water partition coefficient (Wildman–Crippen LogP) is 2.75. The second-order valence-electron chi connectivity index (χ2n) is 4.50. The van der Waals surface area contributed by atoms with E-state index in [1.165, 1.54) is 0 Å². The molecule has 94 valence electrons. The molecule has 2 nitrogen and oxygen atoms in total. The van der Waals surface area contributed by atoms with Crippen LogP contribution in [-0.4, -0.2) is 23.2 Å². The molecule has 2 rings (SSSR count). The van der Waals surface area contributed by atoms with Gasteiger partial charge in [-0.15, -0.1) is 0 Å². The Hall–Kier alpha value is -1.00. The molecule has 0 spiro atoms. The van der Waals surface area contributed by atoms with Gasteiger partial charge in [0.15, 0.2) is 0 Å². The summed E-state index contributed by atoms with van der Waals surface area (Å²) in [4.78, 5) is 0. The lowest BCUT2D eigenvalue weighted by atomic mass is 9.91. The normalized spacial score (nSPS) is 27.9. The van der Waals surface area contributed by atoms with E-state index in [-0.39, 0.29) is 25.9 Å². The Morgan fingerprint density at radius 3 is 2.71 bits per heavy atom. The molecule has 1 aliphatic carbocycles. The minimum absolute atomic E-state index is 0.104. The zero-order valence-electron chi connectivity index (χ0n) is 9.48. The van der Waals surface area contributed by atoms with Gasteiger partial charge in [0.1, 0.15) is 0 Å². The van der Waals surface area contributed by atoms with Crippen molar-refractivity contribution in [1.82, 2.24) is 0 Å². The van der Waals surface area contributed by atoms with Gasteiger partial charge < -0.3 is 9.84 Å². The Morgan fingerprint density at radius 2 is 2.00 bits per heavy atom. The van der Waals surface area contributed by atoms with Crippen LogP contribution in [0.3, 0.4) is 0 Å². The molecule has 1 N–H and O–H groups in total. The van der Waals surface area contributed by atoms with E-state index in [0.717, 1.165) is 5.56 Å². The van der Waals surface area contributed by atoms with Crippen molar-refractivity contribution in [2.45, 2.75) is 44.0 Å². The molecular formula is C13H16F2O2. The Bertz CT molecular complexity index is 354. The fourth-order valence-electron chi connectivity index (χ4n) is 2.02. The minimum Gasteiger partial charge on any atom is -0.390 e. The summed E-state index contributed by atoms with van der Waals surface area (Å²) in [5.41, 5.74) is 0.925. The number of rotatable bonds is 3. The van der Waals surface area contributed by atoms with Crippen molar-refractivity contribution in [3.05, 3.63) is 35.9 Å². The first-order valence-corrected chi connectivity index (χ1v) is 5.78. The highest BCUT2D eigenvalue weighted by atomic mass is 19.3. The number of aliphatic hydroxyl groups excluding tert-OH is 1. The second kappa shape index (κ2) is 5.10. The maximum atomic E-state index is 13.2. The lowest BCUT2D eigenvalue weighted by molar-refractivity contribution is -0.146. The maximum Gasteiger partial charge on any atom is 0.250 e. The number of ether oxygens (including phenoxy) is 1. The average Bonchev–Trinajstić information content (AvgIpc) is 2.32. The molecule has 2 atom stereocenters. The molecule has 1 aromatic rings. The molecule has 0 amide bonds. The predicted molar refractivity (Wildman–Crippen MR) is 59.8 cm³/mol. The Balaban J connectivity index is 1.89. The van der Waals surface area contributed by atoms with E-state index in [0.29, 0.717) is 0 Å². The molecule has 1 aromatic carbocycles. The quantitative estimate of drug-likeness (QED) is 0.883. The largest absolute Gasteiger partial charge is 0.390 e. The van der Waals surface area contributed by atoms with Crippen molar-refractivity contribution >= 4 is 0 Å². The van der Waals surface area contributed by atoms with Gasteiger partial charge in [0, 0.05) is 12.8 Å². The highest BCUT2D eigenvalue weighted by Crippen LogP contribution is 2.35. The molecule has 17 heavy (non-hydrogen) atoms. The van der Waals surface area contributed by atoms with E-state index in [9.17, 15) is 13.9 Å². The molecule has 0 aromatic heterocycles. The molecular weight excluding hydrogens is 226 g/mol. The molecule has 4 heteroatoms. The molecule has 0 radical (unpaired) electrons. The van der Waals surface area contributed by atoms with Crippen LogP contribution < -0.4 is 0 Å². The lowest BCUT2D eigenvalue weighted by Gasteiger charge is -2.32. The molecule has 0 heterocycles. The van der Waals surface area contributed by atoms with Crippen molar-refractivity contribution in [2.24, 2.45) is 0 Å². The first kappa shape index (κ1) is 12.5. The molecule has 1 aliphatic rings. The summed E-state index contributed by atoms with van der Waals surface area (Å²) in [5, 5.41) is 9.62. The number of halogens is 2. The molecule has 1 saturated carbocycles. The van der Waals surface area contributed by atoms with Crippen molar-refractivity contribution in [3.63, 3.8) is 0 Å². The fourth-order valence-corrected chi connectivity index (χ4v) is 2.02. The van der Waals surface area contributed by atoms with Crippen LogP contribution >= 0.6 is 0 Å². The van der Waals surface area contributed by atoms with Crippen molar-refractivity contribution in [1.29, 1.82) is 0 Å². The summed E-state index contributed by atoms with van der Waals surface area (Å²) in [7, 11) is 0. The third-order valence-corrected chi connectivity index (χ3v) is 3.04. The van der Waals surface area contributed by atoms with E-state index >= 15 is 0 Å². The van der Waals surface area contributed by atoms with Crippen molar-refractivity contribution in [2.75, 3.05) is 0 Å². The standard InChI is InChI=1S/C13H16F2O2/c14-13(15)7-6-11(16)12(8-13)17-9-10-4-2-1-3-5-10/h1-5,11-12,16H,6-9H2/t11-,12+/m0/s1. The average molecular weight is 242 g/mol. The molecule has 0 saturated heterocycles. The number of hydrogen-bond donors (Lipinski definition) is 1.